The molecule has 1 aliphatic heterocycles. The second kappa shape index (κ2) is 14.9. The van der Waals surface area contributed by atoms with Crippen LogP contribution in [0.1, 0.15) is 51.5 Å². The fourth-order valence-corrected chi connectivity index (χ4v) is 5.53. The van der Waals surface area contributed by atoms with Gasteiger partial charge in [-0.15, -0.1) is 0 Å². The summed E-state index contributed by atoms with van der Waals surface area (Å²) in [7, 11) is 1.65. The van der Waals surface area contributed by atoms with Crippen LogP contribution in [-0.2, 0) is 11.3 Å². The van der Waals surface area contributed by atoms with E-state index >= 15 is 0 Å². The number of nitrogens with one attached hydrogen (secondary N) is 1. The maximum absolute atomic E-state index is 13.5. The largest absolute Gasteiger partial charge is 0.493 e. The molecule has 4 rings (SSSR count). The van der Waals surface area contributed by atoms with Crippen molar-refractivity contribution in [2.75, 3.05) is 39.8 Å². The van der Waals surface area contributed by atoms with Crippen LogP contribution in [0.3, 0.4) is 0 Å². The predicted molar refractivity (Wildman–Crippen MR) is 158 cm³/mol. The molecule has 1 atom stereocenters. The van der Waals surface area contributed by atoms with E-state index in [1.54, 1.807) is 7.11 Å². The Morgan fingerprint density at radius 3 is 2.51 bits per heavy atom. The van der Waals surface area contributed by atoms with Gasteiger partial charge in [0.2, 0.25) is 5.91 Å². The molecule has 210 valence electrons. The molecule has 6 nitrogen and oxygen atoms in total. The Balaban J connectivity index is 1.29. The summed E-state index contributed by atoms with van der Waals surface area (Å²) in [4.78, 5) is 18.3. The molecule has 0 aromatic heterocycles. The van der Waals surface area contributed by atoms with Crippen molar-refractivity contribution in [2.45, 2.75) is 58.5 Å². The Morgan fingerprint density at radius 1 is 1.05 bits per heavy atom. The summed E-state index contributed by atoms with van der Waals surface area (Å²) in [6.45, 7) is 10.2. The standard InChI is InChI=1S/C33H45N3O3/c1-4-35(5-2)23-20-30(27-13-7-6-8-14-27)33(37)34-28-18-21-36(22-19-28)25-26-12-11-15-29(24-26)39-32-17-10-9-16-31(32)38-3/h7,9-17,24,28,30H,4-6,8,18-23,25H2,1-3H3,(H,34,37). The second-order valence-corrected chi connectivity index (χ2v) is 10.5. The van der Waals surface area contributed by atoms with Gasteiger partial charge < -0.3 is 19.7 Å². The summed E-state index contributed by atoms with van der Waals surface area (Å²) in [6, 6.07) is 16.2. The van der Waals surface area contributed by atoms with Crippen LogP contribution in [-0.4, -0.2) is 61.6 Å². The molecule has 0 bridgehead atoms. The van der Waals surface area contributed by atoms with Gasteiger partial charge >= 0.3 is 0 Å². The number of ether oxygens (including phenoxy) is 2. The molecule has 2 aliphatic rings. The fourth-order valence-electron chi connectivity index (χ4n) is 5.53. The number of likely N-dealkylation sites (tertiary alicyclic amines) is 1. The summed E-state index contributed by atoms with van der Waals surface area (Å²) >= 11 is 0. The number of rotatable bonds is 13. The molecule has 2 aromatic carbocycles. The number of benzene rings is 2. The number of carbonyl (C=O) groups excluding carboxylic acids is 1. The molecule has 6 heteroatoms. The SMILES string of the molecule is CCN(CC)CCC(C(=O)NC1CCN(Cc2cccc(Oc3ccccc3OC)c2)CC1)C1=CCCC=C1. The van der Waals surface area contributed by atoms with Gasteiger partial charge in [-0.2, -0.15) is 0 Å². The summed E-state index contributed by atoms with van der Waals surface area (Å²) < 4.78 is 11.5. The molecule has 1 amide bonds. The van der Waals surface area contributed by atoms with Gasteiger partial charge in [0.15, 0.2) is 11.5 Å². The van der Waals surface area contributed by atoms with Crippen molar-refractivity contribution in [3.8, 4) is 17.2 Å². The molecular weight excluding hydrogens is 486 g/mol. The van der Waals surface area contributed by atoms with Crippen LogP contribution in [0.5, 0.6) is 17.2 Å². The van der Waals surface area contributed by atoms with Gasteiger partial charge in [0.1, 0.15) is 5.75 Å². The highest BCUT2D eigenvalue weighted by Crippen LogP contribution is 2.31. The number of amides is 1. The van der Waals surface area contributed by atoms with Crippen LogP contribution in [0.4, 0.5) is 0 Å². The molecular formula is C33H45N3O3. The van der Waals surface area contributed by atoms with Crippen LogP contribution in [0.25, 0.3) is 0 Å². The first-order valence-electron chi connectivity index (χ1n) is 14.6. The molecule has 0 radical (unpaired) electrons. The van der Waals surface area contributed by atoms with E-state index in [1.807, 2.05) is 36.4 Å². The second-order valence-electron chi connectivity index (χ2n) is 10.5. The van der Waals surface area contributed by atoms with Crippen molar-refractivity contribution in [3.63, 3.8) is 0 Å². The Labute approximate surface area is 234 Å². The zero-order chi connectivity index (χ0) is 27.5. The molecule has 1 saturated heterocycles. The lowest BCUT2D eigenvalue weighted by molar-refractivity contribution is -0.125. The van der Waals surface area contributed by atoms with Crippen molar-refractivity contribution in [3.05, 3.63) is 77.9 Å². The Hall–Kier alpha value is -3.09. The number of hydrogen-bond donors (Lipinski definition) is 1. The van der Waals surface area contributed by atoms with E-state index < -0.39 is 0 Å². The summed E-state index contributed by atoms with van der Waals surface area (Å²) in [5, 5.41) is 3.42. The van der Waals surface area contributed by atoms with E-state index in [2.05, 4.69) is 59.3 Å². The highest BCUT2D eigenvalue weighted by molar-refractivity contribution is 5.82. The number of hydrogen-bond acceptors (Lipinski definition) is 5. The minimum atomic E-state index is -0.0637. The van der Waals surface area contributed by atoms with Crippen LogP contribution in [0.2, 0.25) is 0 Å². The maximum atomic E-state index is 13.5. The van der Waals surface area contributed by atoms with Gasteiger partial charge in [0.05, 0.1) is 13.0 Å². The Morgan fingerprint density at radius 2 is 1.82 bits per heavy atom. The predicted octanol–water partition coefficient (Wildman–Crippen LogP) is 6.19. The number of para-hydroxylation sites is 2. The quantitative estimate of drug-likeness (QED) is 0.334. The monoisotopic (exact) mass is 531 g/mol. The molecule has 1 unspecified atom stereocenters. The number of methoxy groups -OCH3 is 1. The van der Waals surface area contributed by atoms with Gasteiger partial charge in [-0.25, -0.2) is 0 Å². The topological polar surface area (TPSA) is 54.0 Å². The highest BCUT2D eigenvalue weighted by atomic mass is 16.5. The molecule has 0 saturated carbocycles. The molecule has 39 heavy (non-hydrogen) atoms. The van der Waals surface area contributed by atoms with Gasteiger partial charge in [0.25, 0.3) is 0 Å². The lowest BCUT2D eigenvalue weighted by atomic mass is 9.89. The smallest absolute Gasteiger partial charge is 0.227 e. The van der Waals surface area contributed by atoms with Crippen molar-refractivity contribution < 1.29 is 14.3 Å². The average molecular weight is 532 g/mol. The molecule has 2 aromatic rings. The van der Waals surface area contributed by atoms with Crippen molar-refractivity contribution in [1.29, 1.82) is 0 Å². The maximum Gasteiger partial charge on any atom is 0.227 e. The van der Waals surface area contributed by atoms with Crippen LogP contribution >= 0.6 is 0 Å². The van der Waals surface area contributed by atoms with E-state index in [4.69, 9.17) is 9.47 Å². The van der Waals surface area contributed by atoms with Crippen molar-refractivity contribution in [2.24, 2.45) is 5.92 Å². The Kier molecular flexibility index (Phi) is 11.0. The fraction of sp³-hybridized carbons (Fsp3) is 0.485. The summed E-state index contributed by atoms with van der Waals surface area (Å²) in [6.07, 6.45) is 11.6. The van der Waals surface area contributed by atoms with E-state index in [0.29, 0.717) is 5.75 Å². The van der Waals surface area contributed by atoms with Crippen LogP contribution < -0.4 is 14.8 Å². The Bertz CT molecular complexity index is 1120. The van der Waals surface area contributed by atoms with Gasteiger partial charge in [0, 0.05) is 25.7 Å². The zero-order valence-corrected chi connectivity index (χ0v) is 23.9. The van der Waals surface area contributed by atoms with Crippen LogP contribution in [0.15, 0.2) is 72.3 Å². The lowest BCUT2D eigenvalue weighted by Crippen LogP contribution is -2.46. The number of piperidine rings is 1. The molecule has 1 heterocycles. The van der Waals surface area contributed by atoms with Crippen molar-refractivity contribution in [1.82, 2.24) is 15.1 Å². The van der Waals surface area contributed by atoms with Crippen molar-refractivity contribution >= 4 is 5.91 Å². The zero-order valence-electron chi connectivity index (χ0n) is 23.9. The van der Waals surface area contributed by atoms with E-state index in [1.165, 1.54) is 11.1 Å². The first-order chi connectivity index (χ1) is 19.1. The number of allylic oxidation sites excluding steroid dienone is 3. The lowest BCUT2D eigenvalue weighted by Gasteiger charge is -2.33. The molecule has 0 spiro atoms. The van der Waals surface area contributed by atoms with Gasteiger partial charge in [-0.05, 0) is 87.1 Å². The van der Waals surface area contributed by atoms with E-state index in [0.717, 1.165) is 82.9 Å². The normalized spacial score (nSPS) is 17.1. The minimum Gasteiger partial charge on any atom is -0.493 e. The summed E-state index contributed by atoms with van der Waals surface area (Å²) in [5.41, 5.74) is 2.41. The van der Waals surface area contributed by atoms with E-state index in [-0.39, 0.29) is 17.9 Å². The minimum absolute atomic E-state index is 0.0637. The third-order valence-corrected chi connectivity index (χ3v) is 7.91. The van der Waals surface area contributed by atoms with Gasteiger partial charge in [-0.3, -0.25) is 9.69 Å². The van der Waals surface area contributed by atoms with E-state index in [9.17, 15) is 4.79 Å². The molecule has 1 fully saturated rings. The third-order valence-electron chi connectivity index (χ3n) is 7.91. The first kappa shape index (κ1) is 28.9. The molecule has 1 N–H and O–H groups in total. The summed E-state index contributed by atoms with van der Waals surface area (Å²) in [5.74, 6) is 2.37. The average Bonchev–Trinajstić information content (AvgIpc) is 2.97. The van der Waals surface area contributed by atoms with Gasteiger partial charge in [-0.1, -0.05) is 56.3 Å². The molecule has 1 aliphatic carbocycles. The third kappa shape index (κ3) is 8.45. The van der Waals surface area contributed by atoms with Crippen LogP contribution in [0, 0.1) is 5.92 Å². The highest BCUT2D eigenvalue weighted by Gasteiger charge is 2.27. The number of nitrogens with zero attached hydrogens (tertiary/aromatic N) is 2. The first-order valence-corrected chi connectivity index (χ1v) is 14.6. The number of carbonyl (C=O) groups is 1.